The Labute approximate surface area is 187 Å². The lowest BCUT2D eigenvalue weighted by Gasteiger charge is -2.39. The van der Waals surface area contributed by atoms with Gasteiger partial charge in [-0.1, -0.05) is 30.3 Å². The predicted molar refractivity (Wildman–Crippen MR) is 126 cm³/mol. The first-order valence-electron chi connectivity index (χ1n) is 10.9. The van der Waals surface area contributed by atoms with Gasteiger partial charge in [-0.2, -0.15) is 0 Å². The van der Waals surface area contributed by atoms with Crippen molar-refractivity contribution >= 4 is 17.7 Å². The molecule has 3 aromatic carbocycles. The number of aliphatic imine (C=N–C) groups is 1. The molecule has 2 heterocycles. The molecule has 32 heavy (non-hydrogen) atoms. The topological polar surface area (TPSA) is 45.1 Å². The number of hydrogen-bond acceptors (Lipinski definition) is 4. The van der Waals surface area contributed by atoms with Crippen molar-refractivity contribution in [1.82, 2.24) is 0 Å². The van der Waals surface area contributed by atoms with Crippen LogP contribution in [0.2, 0.25) is 0 Å². The number of fused-ring (bicyclic) bond motifs is 1. The van der Waals surface area contributed by atoms with Gasteiger partial charge in [0.25, 0.3) is 0 Å². The van der Waals surface area contributed by atoms with Gasteiger partial charge in [0.2, 0.25) is 5.90 Å². The molecule has 0 amide bonds. The summed E-state index contributed by atoms with van der Waals surface area (Å²) in [5.41, 5.74) is 5.70. The zero-order valence-electron chi connectivity index (χ0n) is 17.7. The van der Waals surface area contributed by atoms with Crippen molar-refractivity contribution in [2.45, 2.75) is 18.9 Å². The van der Waals surface area contributed by atoms with Crippen LogP contribution in [0, 0.1) is 5.82 Å². The van der Waals surface area contributed by atoms with Gasteiger partial charge in [-0.15, -0.1) is 0 Å². The summed E-state index contributed by atoms with van der Waals surface area (Å²) >= 11 is 0. The highest BCUT2D eigenvalue weighted by Crippen LogP contribution is 2.37. The molecule has 0 bridgehead atoms. The number of ether oxygens (including phenoxy) is 1. The number of benzene rings is 3. The second-order valence-electron chi connectivity index (χ2n) is 8.17. The predicted octanol–water partition coefficient (Wildman–Crippen LogP) is 5.32. The Morgan fingerprint density at radius 3 is 2.59 bits per heavy atom. The van der Waals surface area contributed by atoms with E-state index in [1.54, 1.807) is 6.07 Å². The van der Waals surface area contributed by atoms with Crippen LogP contribution in [0.1, 0.15) is 28.3 Å². The lowest BCUT2D eigenvalue weighted by molar-refractivity contribution is 0.350. The van der Waals surface area contributed by atoms with Crippen LogP contribution in [0.15, 0.2) is 77.8 Å². The summed E-state index contributed by atoms with van der Waals surface area (Å²) in [6, 6.07) is 20.9. The molecule has 5 heteroatoms. The fourth-order valence-corrected chi connectivity index (χ4v) is 4.47. The molecule has 0 saturated carbocycles. The van der Waals surface area contributed by atoms with E-state index in [9.17, 15) is 9.50 Å². The molecule has 3 aromatic rings. The van der Waals surface area contributed by atoms with Crippen LogP contribution in [0.4, 0.5) is 10.1 Å². The van der Waals surface area contributed by atoms with Gasteiger partial charge < -0.3 is 14.7 Å². The molecule has 1 atom stereocenters. The maximum atomic E-state index is 13.5. The van der Waals surface area contributed by atoms with Crippen LogP contribution < -0.4 is 4.90 Å². The molecule has 0 aromatic heterocycles. The Morgan fingerprint density at radius 1 is 1.03 bits per heavy atom. The van der Waals surface area contributed by atoms with Crippen molar-refractivity contribution in [3.8, 4) is 5.75 Å². The number of aromatic hydroxyl groups is 1. The normalized spacial score (nSPS) is 17.8. The van der Waals surface area contributed by atoms with Crippen LogP contribution in [0.5, 0.6) is 5.75 Å². The molecule has 162 valence electrons. The summed E-state index contributed by atoms with van der Waals surface area (Å²) in [7, 11) is 0. The largest absolute Gasteiger partial charge is 0.508 e. The number of anilines is 1. The SMILES string of the molecule is Oc1ccc2c(c1)CCN(c1ccc(F)cc1)C2Cc1ccc(/C=C/C2=NCCO2)cc1. The Balaban J connectivity index is 1.41. The maximum absolute atomic E-state index is 13.5. The van der Waals surface area contributed by atoms with E-state index in [-0.39, 0.29) is 11.9 Å². The van der Waals surface area contributed by atoms with Crippen molar-refractivity contribution in [2.24, 2.45) is 4.99 Å². The lowest BCUT2D eigenvalue weighted by Crippen LogP contribution is -2.36. The zero-order valence-corrected chi connectivity index (χ0v) is 17.7. The van der Waals surface area contributed by atoms with E-state index in [0.717, 1.165) is 37.2 Å². The monoisotopic (exact) mass is 428 g/mol. The highest BCUT2D eigenvalue weighted by atomic mass is 19.1. The summed E-state index contributed by atoms with van der Waals surface area (Å²) in [6.45, 7) is 2.20. The molecule has 2 aliphatic rings. The Morgan fingerprint density at radius 2 is 1.84 bits per heavy atom. The Bertz CT molecular complexity index is 1150. The van der Waals surface area contributed by atoms with E-state index in [0.29, 0.717) is 18.3 Å². The van der Waals surface area contributed by atoms with Crippen molar-refractivity contribution < 1.29 is 14.2 Å². The first-order chi connectivity index (χ1) is 15.7. The van der Waals surface area contributed by atoms with Gasteiger partial charge in [0.1, 0.15) is 18.2 Å². The van der Waals surface area contributed by atoms with Gasteiger partial charge in [-0.3, -0.25) is 0 Å². The van der Waals surface area contributed by atoms with Crippen molar-refractivity contribution in [3.63, 3.8) is 0 Å². The molecule has 2 aliphatic heterocycles. The minimum absolute atomic E-state index is 0.104. The third-order valence-electron chi connectivity index (χ3n) is 6.08. The first kappa shape index (κ1) is 20.3. The summed E-state index contributed by atoms with van der Waals surface area (Å²) in [4.78, 5) is 6.61. The number of phenols is 1. The molecule has 0 radical (unpaired) electrons. The molecule has 0 saturated heterocycles. The third-order valence-corrected chi connectivity index (χ3v) is 6.08. The highest BCUT2D eigenvalue weighted by Gasteiger charge is 2.28. The molecule has 5 rings (SSSR count). The second-order valence-corrected chi connectivity index (χ2v) is 8.17. The van der Waals surface area contributed by atoms with Crippen LogP contribution in [0.3, 0.4) is 0 Å². The average molecular weight is 429 g/mol. The van der Waals surface area contributed by atoms with E-state index in [2.05, 4.69) is 34.2 Å². The maximum Gasteiger partial charge on any atom is 0.208 e. The first-order valence-corrected chi connectivity index (χ1v) is 10.9. The Kier molecular flexibility index (Phi) is 5.63. The van der Waals surface area contributed by atoms with Crippen LogP contribution in [-0.2, 0) is 17.6 Å². The standard InChI is InChI=1S/C27H25FN2O2/c28-22-6-8-23(9-7-22)30-15-13-21-18-24(31)10-11-25(21)26(30)17-20-3-1-19(2-4-20)5-12-27-29-14-16-32-27/h1-12,18,26,31H,13-17H2/b12-5+. The van der Waals surface area contributed by atoms with E-state index in [4.69, 9.17) is 4.74 Å². The number of hydrogen-bond donors (Lipinski definition) is 1. The second kappa shape index (κ2) is 8.87. The minimum Gasteiger partial charge on any atom is -0.508 e. The van der Waals surface area contributed by atoms with E-state index in [1.165, 1.54) is 28.8 Å². The molecule has 4 nitrogen and oxygen atoms in total. The molecule has 0 spiro atoms. The van der Waals surface area contributed by atoms with Gasteiger partial charge >= 0.3 is 0 Å². The van der Waals surface area contributed by atoms with E-state index in [1.807, 2.05) is 36.4 Å². The van der Waals surface area contributed by atoms with Crippen LogP contribution in [0.25, 0.3) is 6.08 Å². The zero-order chi connectivity index (χ0) is 21.9. The summed E-state index contributed by atoms with van der Waals surface area (Å²) < 4.78 is 18.9. The molecule has 1 N–H and O–H groups in total. The van der Waals surface area contributed by atoms with Crippen LogP contribution in [-0.4, -0.2) is 30.7 Å². The van der Waals surface area contributed by atoms with E-state index >= 15 is 0 Å². The summed E-state index contributed by atoms with van der Waals surface area (Å²) in [5, 5.41) is 9.96. The average Bonchev–Trinajstić information content (AvgIpc) is 3.33. The lowest BCUT2D eigenvalue weighted by atomic mass is 9.88. The van der Waals surface area contributed by atoms with Gasteiger partial charge in [0.05, 0.1) is 12.6 Å². The van der Waals surface area contributed by atoms with Crippen molar-refractivity contribution in [2.75, 3.05) is 24.6 Å². The molecular formula is C27H25FN2O2. The van der Waals surface area contributed by atoms with Crippen LogP contribution >= 0.6 is 0 Å². The quantitative estimate of drug-likeness (QED) is 0.598. The molecule has 0 fully saturated rings. The molecular weight excluding hydrogens is 403 g/mol. The van der Waals surface area contributed by atoms with Gasteiger partial charge in [-0.25, -0.2) is 9.38 Å². The fourth-order valence-electron chi connectivity index (χ4n) is 4.47. The molecule has 0 aliphatic carbocycles. The van der Waals surface area contributed by atoms with Gasteiger partial charge in [-0.05, 0) is 77.6 Å². The smallest absolute Gasteiger partial charge is 0.208 e. The summed E-state index contributed by atoms with van der Waals surface area (Å²) in [5.74, 6) is 0.751. The highest BCUT2D eigenvalue weighted by molar-refractivity contribution is 5.92. The number of phenolic OH excluding ortho intramolecular Hbond substituents is 1. The number of nitrogens with zero attached hydrogens (tertiary/aromatic N) is 2. The third kappa shape index (κ3) is 4.37. The van der Waals surface area contributed by atoms with Gasteiger partial charge in [0.15, 0.2) is 0 Å². The van der Waals surface area contributed by atoms with E-state index < -0.39 is 0 Å². The Hall–Kier alpha value is -3.60. The number of halogens is 1. The van der Waals surface area contributed by atoms with Crippen molar-refractivity contribution in [1.29, 1.82) is 0 Å². The number of rotatable bonds is 5. The minimum atomic E-state index is -0.231. The fraction of sp³-hybridized carbons (Fsp3) is 0.222. The molecule has 1 unspecified atom stereocenters. The summed E-state index contributed by atoms with van der Waals surface area (Å²) in [6.07, 6.45) is 5.57. The van der Waals surface area contributed by atoms with Crippen molar-refractivity contribution in [3.05, 3.63) is 101 Å². The van der Waals surface area contributed by atoms with Gasteiger partial charge in [0, 0.05) is 18.3 Å².